The molecular formula is C9H16ClN3O2. The fraction of sp³-hybridized carbons (Fsp3) is 0.778. The van der Waals surface area contributed by atoms with Gasteiger partial charge in [-0.05, 0) is 19.4 Å². The molecule has 86 valence electrons. The van der Waals surface area contributed by atoms with E-state index in [1.54, 1.807) is 7.11 Å². The van der Waals surface area contributed by atoms with E-state index in [1.165, 1.54) is 6.42 Å². The van der Waals surface area contributed by atoms with Gasteiger partial charge < -0.3 is 14.6 Å². The molecule has 5 nitrogen and oxygen atoms in total. The van der Waals surface area contributed by atoms with Gasteiger partial charge in [-0.3, -0.25) is 0 Å². The minimum Gasteiger partial charge on any atom is -0.375 e. The number of aromatic nitrogens is 2. The third-order valence-electron chi connectivity index (χ3n) is 2.41. The highest BCUT2D eigenvalue weighted by Crippen LogP contribution is 2.20. The molecule has 1 unspecified atom stereocenters. The summed E-state index contributed by atoms with van der Waals surface area (Å²) in [6.07, 6.45) is 2.32. The van der Waals surface area contributed by atoms with Crippen molar-refractivity contribution in [3.63, 3.8) is 0 Å². The summed E-state index contributed by atoms with van der Waals surface area (Å²) in [5, 5.41) is 7.27. The maximum Gasteiger partial charge on any atom is 0.252 e. The Morgan fingerprint density at radius 3 is 3.13 bits per heavy atom. The SMILES string of the molecule is COCc1nc(C2CCCNC2)no1.Cl. The van der Waals surface area contributed by atoms with E-state index >= 15 is 0 Å². The summed E-state index contributed by atoms with van der Waals surface area (Å²) in [6, 6.07) is 0. The second kappa shape index (κ2) is 6.05. The van der Waals surface area contributed by atoms with Crippen LogP contribution in [0.4, 0.5) is 0 Å². The van der Waals surface area contributed by atoms with Crippen LogP contribution in [0.1, 0.15) is 30.5 Å². The summed E-state index contributed by atoms with van der Waals surface area (Å²) in [4.78, 5) is 4.28. The molecule has 1 fully saturated rings. The molecule has 0 spiro atoms. The molecule has 0 radical (unpaired) electrons. The molecule has 15 heavy (non-hydrogen) atoms. The number of nitrogens with one attached hydrogen (secondary N) is 1. The predicted molar refractivity (Wildman–Crippen MR) is 57.1 cm³/mol. The summed E-state index contributed by atoms with van der Waals surface area (Å²) in [6.45, 7) is 2.44. The third-order valence-corrected chi connectivity index (χ3v) is 2.41. The first kappa shape index (κ1) is 12.4. The zero-order chi connectivity index (χ0) is 9.80. The van der Waals surface area contributed by atoms with Crippen LogP contribution < -0.4 is 5.32 Å². The Bertz CT molecular complexity index is 287. The minimum absolute atomic E-state index is 0. The Hall–Kier alpha value is -0.650. The lowest BCUT2D eigenvalue weighted by molar-refractivity contribution is 0.151. The predicted octanol–water partition coefficient (Wildman–Crippen LogP) is 1.10. The van der Waals surface area contributed by atoms with Crippen LogP contribution >= 0.6 is 12.4 Å². The Kier molecular flexibility index (Phi) is 5.01. The van der Waals surface area contributed by atoms with Gasteiger partial charge in [-0.2, -0.15) is 4.98 Å². The van der Waals surface area contributed by atoms with Gasteiger partial charge in [0.1, 0.15) is 6.61 Å². The molecule has 0 amide bonds. The molecule has 0 bridgehead atoms. The first-order chi connectivity index (χ1) is 6.90. The molecule has 1 aliphatic rings. The fourth-order valence-corrected chi connectivity index (χ4v) is 1.69. The number of ether oxygens (including phenoxy) is 1. The molecule has 2 rings (SSSR count). The van der Waals surface area contributed by atoms with Crippen molar-refractivity contribution in [1.82, 2.24) is 15.5 Å². The molecule has 1 saturated heterocycles. The van der Waals surface area contributed by atoms with Gasteiger partial charge in [0.05, 0.1) is 0 Å². The normalized spacial score (nSPS) is 21.0. The van der Waals surface area contributed by atoms with Gasteiger partial charge in [-0.15, -0.1) is 12.4 Å². The number of rotatable bonds is 3. The van der Waals surface area contributed by atoms with E-state index in [-0.39, 0.29) is 12.4 Å². The monoisotopic (exact) mass is 233 g/mol. The third kappa shape index (κ3) is 3.15. The second-order valence-corrected chi connectivity index (χ2v) is 3.52. The van der Waals surface area contributed by atoms with Crippen LogP contribution in [-0.4, -0.2) is 30.3 Å². The molecular weight excluding hydrogens is 218 g/mol. The summed E-state index contributed by atoms with van der Waals surface area (Å²) >= 11 is 0. The van der Waals surface area contributed by atoms with Crippen molar-refractivity contribution < 1.29 is 9.26 Å². The van der Waals surface area contributed by atoms with Crippen molar-refractivity contribution >= 4 is 12.4 Å². The van der Waals surface area contributed by atoms with Crippen LogP contribution in [0.5, 0.6) is 0 Å². The lowest BCUT2D eigenvalue weighted by atomic mass is 9.99. The highest BCUT2D eigenvalue weighted by Gasteiger charge is 2.20. The first-order valence-electron chi connectivity index (χ1n) is 4.92. The number of methoxy groups -OCH3 is 1. The van der Waals surface area contributed by atoms with Crippen molar-refractivity contribution in [2.24, 2.45) is 0 Å². The van der Waals surface area contributed by atoms with Gasteiger partial charge >= 0.3 is 0 Å². The Balaban J connectivity index is 0.00000112. The Morgan fingerprint density at radius 2 is 2.47 bits per heavy atom. The van der Waals surface area contributed by atoms with E-state index in [4.69, 9.17) is 9.26 Å². The standard InChI is InChI=1S/C9H15N3O2.ClH/c1-13-6-8-11-9(12-14-8)7-3-2-4-10-5-7;/h7,10H,2-6H2,1H3;1H. The van der Waals surface area contributed by atoms with E-state index in [0.717, 1.165) is 25.3 Å². The number of hydrogen-bond acceptors (Lipinski definition) is 5. The zero-order valence-electron chi connectivity index (χ0n) is 8.73. The van der Waals surface area contributed by atoms with Crippen LogP contribution in [-0.2, 0) is 11.3 Å². The lowest BCUT2D eigenvalue weighted by Crippen LogP contribution is -2.28. The Morgan fingerprint density at radius 1 is 1.60 bits per heavy atom. The lowest BCUT2D eigenvalue weighted by Gasteiger charge is -2.19. The van der Waals surface area contributed by atoms with Gasteiger partial charge in [0.2, 0.25) is 0 Å². The van der Waals surface area contributed by atoms with Crippen molar-refractivity contribution in [1.29, 1.82) is 0 Å². The molecule has 6 heteroatoms. The molecule has 2 heterocycles. The van der Waals surface area contributed by atoms with Gasteiger partial charge in [-0.1, -0.05) is 5.16 Å². The summed E-state index contributed by atoms with van der Waals surface area (Å²) in [7, 11) is 1.62. The molecule has 0 saturated carbocycles. The molecule has 1 N–H and O–H groups in total. The highest BCUT2D eigenvalue weighted by molar-refractivity contribution is 5.85. The summed E-state index contributed by atoms with van der Waals surface area (Å²) in [5.74, 6) is 1.77. The maximum atomic E-state index is 5.04. The molecule has 0 aromatic carbocycles. The van der Waals surface area contributed by atoms with Crippen molar-refractivity contribution in [3.05, 3.63) is 11.7 Å². The average molecular weight is 234 g/mol. The quantitative estimate of drug-likeness (QED) is 0.848. The topological polar surface area (TPSA) is 60.2 Å². The van der Waals surface area contributed by atoms with Gasteiger partial charge in [0.15, 0.2) is 5.82 Å². The average Bonchev–Trinajstić information content (AvgIpc) is 2.68. The smallest absolute Gasteiger partial charge is 0.252 e. The number of piperidine rings is 1. The van der Waals surface area contributed by atoms with Crippen LogP contribution in [0.15, 0.2) is 4.52 Å². The zero-order valence-corrected chi connectivity index (χ0v) is 9.55. The Labute approximate surface area is 95.0 Å². The van der Waals surface area contributed by atoms with E-state index in [9.17, 15) is 0 Å². The summed E-state index contributed by atoms with van der Waals surface area (Å²) < 4.78 is 9.96. The van der Waals surface area contributed by atoms with Crippen LogP contribution in [0.2, 0.25) is 0 Å². The second-order valence-electron chi connectivity index (χ2n) is 3.52. The van der Waals surface area contributed by atoms with Gasteiger partial charge in [0, 0.05) is 19.6 Å². The molecule has 1 aromatic heterocycles. The maximum absolute atomic E-state index is 5.04. The molecule has 1 aliphatic heterocycles. The summed E-state index contributed by atoms with van der Waals surface area (Å²) in [5.41, 5.74) is 0. The van der Waals surface area contributed by atoms with Crippen LogP contribution in [0.3, 0.4) is 0 Å². The van der Waals surface area contributed by atoms with E-state index in [0.29, 0.717) is 18.4 Å². The number of nitrogens with zero attached hydrogens (tertiary/aromatic N) is 2. The van der Waals surface area contributed by atoms with Crippen molar-refractivity contribution in [3.8, 4) is 0 Å². The molecule has 0 aliphatic carbocycles. The first-order valence-corrected chi connectivity index (χ1v) is 4.92. The molecule has 1 aromatic rings. The van der Waals surface area contributed by atoms with Crippen LogP contribution in [0.25, 0.3) is 0 Å². The fourth-order valence-electron chi connectivity index (χ4n) is 1.69. The van der Waals surface area contributed by atoms with Crippen LogP contribution in [0, 0.1) is 0 Å². The minimum atomic E-state index is 0. The largest absolute Gasteiger partial charge is 0.375 e. The van der Waals surface area contributed by atoms with Gasteiger partial charge in [0.25, 0.3) is 5.89 Å². The van der Waals surface area contributed by atoms with E-state index in [1.807, 2.05) is 0 Å². The number of halogens is 1. The van der Waals surface area contributed by atoms with E-state index < -0.39 is 0 Å². The van der Waals surface area contributed by atoms with Crippen molar-refractivity contribution in [2.45, 2.75) is 25.4 Å². The van der Waals surface area contributed by atoms with E-state index in [2.05, 4.69) is 15.5 Å². The molecule has 1 atom stereocenters. The van der Waals surface area contributed by atoms with Crippen molar-refractivity contribution in [2.75, 3.05) is 20.2 Å². The number of hydrogen-bond donors (Lipinski definition) is 1. The van der Waals surface area contributed by atoms with Gasteiger partial charge in [-0.25, -0.2) is 0 Å². The highest BCUT2D eigenvalue weighted by atomic mass is 35.5.